The Balaban J connectivity index is 2.54. The van der Waals surface area contributed by atoms with E-state index in [1.165, 1.54) is 6.07 Å². The molecule has 0 heterocycles. The van der Waals surface area contributed by atoms with E-state index in [1.54, 1.807) is 12.1 Å². The van der Waals surface area contributed by atoms with E-state index in [9.17, 15) is 9.90 Å². The fourth-order valence-corrected chi connectivity index (χ4v) is 2.61. The second kappa shape index (κ2) is 5.46. The van der Waals surface area contributed by atoms with Gasteiger partial charge in [0.25, 0.3) is 0 Å². The van der Waals surface area contributed by atoms with Crippen molar-refractivity contribution >= 4 is 30.2 Å². The molecule has 1 atom stereocenters. The Morgan fingerprint density at radius 1 is 1.11 bits per heavy atom. The van der Waals surface area contributed by atoms with Crippen LogP contribution in [0.1, 0.15) is 26.7 Å². The van der Waals surface area contributed by atoms with E-state index < -0.39 is 5.97 Å². The van der Waals surface area contributed by atoms with E-state index in [4.69, 9.17) is 11.6 Å². The predicted octanol–water partition coefficient (Wildman–Crippen LogP) is 4.06. The van der Waals surface area contributed by atoms with Crippen LogP contribution < -0.4 is 0 Å². The van der Waals surface area contributed by atoms with Crippen LogP contribution in [-0.2, 0) is 0 Å². The molecule has 4 heteroatoms. The van der Waals surface area contributed by atoms with Crippen LogP contribution in [-0.4, -0.2) is 11.1 Å². The molecule has 0 amide bonds. The zero-order valence-electron chi connectivity index (χ0n) is 9.38. The highest BCUT2D eigenvalue weighted by atomic mass is 35.5. The third-order valence-electron chi connectivity index (χ3n) is 2.67. The molecule has 0 aromatic heterocycles. The molecule has 1 unspecified atom stereocenters. The largest absolute Gasteiger partial charge is 0.478 e. The van der Waals surface area contributed by atoms with Crippen molar-refractivity contribution in [2.45, 2.75) is 5.25 Å². The zero-order valence-corrected chi connectivity index (χ0v) is 11.0. The lowest BCUT2D eigenvalue weighted by Gasteiger charge is -2.15. The summed E-state index contributed by atoms with van der Waals surface area (Å²) in [4.78, 5) is 11.2. The van der Waals surface area contributed by atoms with Gasteiger partial charge in [0.05, 0.1) is 10.8 Å². The molecule has 2 aromatic rings. The number of rotatable bonds is 3. The van der Waals surface area contributed by atoms with Crippen LogP contribution in [0.15, 0.2) is 48.5 Å². The number of hydrogen-bond donors (Lipinski definition) is 2. The van der Waals surface area contributed by atoms with E-state index in [0.29, 0.717) is 10.6 Å². The lowest BCUT2D eigenvalue weighted by atomic mass is 9.99. The lowest BCUT2D eigenvalue weighted by molar-refractivity contribution is 0.0696. The van der Waals surface area contributed by atoms with Crippen molar-refractivity contribution < 1.29 is 9.90 Å². The quantitative estimate of drug-likeness (QED) is 0.831. The monoisotopic (exact) mass is 278 g/mol. The minimum absolute atomic E-state index is 0.186. The highest BCUT2D eigenvalue weighted by Crippen LogP contribution is 2.35. The third kappa shape index (κ3) is 2.52. The molecule has 2 rings (SSSR count). The molecule has 2 nitrogen and oxygen atoms in total. The van der Waals surface area contributed by atoms with E-state index in [2.05, 4.69) is 12.6 Å². The predicted molar refractivity (Wildman–Crippen MR) is 75.7 cm³/mol. The number of carboxylic acids is 1. The molecule has 0 saturated carbocycles. The minimum atomic E-state index is -0.998. The molecule has 0 spiro atoms. The number of hydrogen-bond acceptors (Lipinski definition) is 2. The third-order valence-corrected chi connectivity index (χ3v) is 3.56. The van der Waals surface area contributed by atoms with Gasteiger partial charge in [-0.15, -0.1) is 0 Å². The number of aromatic carboxylic acids is 1. The maximum Gasteiger partial charge on any atom is 0.336 e. The van der Waals surface area contributed by atoms with Crippen LogP contribution in [0.25, 0.3) is 0 Å². The number of carbonyl (C=O) groups is 1. The van der Waals surface area contributed by atoms with E-state index in [0.717, 1.165) is 5.56 Å². The van der Waals surface area contributed by atoms with Crippen LogP contribution in [0.2, 0.25) is 5.02 Å². The van der Waals surface area contributed by atoms with Crippen LogP contribution in [0.3, 0.4) is 0 Å². The summed E-state index contributed by atoms with van der Waals surface area (Å²) in [5.41, 5.74) is 1.63. The minimum Gasteiger partial charge on any atom is -0.478 e. The van der Waals surface area contributed by atoms with Crippen LogP contribution in [0, 0.1) is 0 Å². The van der Waals surface area contributed by atoms with Crippen molar-refractivity contribution in [2.75, 3.05) is 0 Å². The first-order chi connectivity index (χ1) is 8.61. The first kappa shape index (κ1) is 13.0. The van der Waals surface area contributed by atoms with Gasteiger partial charge in [0.1, 0.15) is 0 Å². The molecule has 0 saturated heterocycles. The number of thiol groups is 1. The first-order valence-corrected chi connectivity index (χ1v) is 6.25. The van der Waals surface area contributed by atoms with Gasteiger partial charge in [-0.05, 0) is 17.7 Å². The maximum atomic E-state index is 11.2. The Bertz CT molecular complexity index is 569. The molecule has 0 aliphatic carbocycles. The lowest BCUT2D eigenvalue weighted by Crippen LogP contribution is -2.06. The Hall–Kier alpha value is -1.45. The summed E-state index contributed by atoms with van der Waals surface area (Å²) >= 11 is 10.6. The van der Waals surface area contributed by atoms with Gasteiger partial charge in [0.2, 0.25) is 0 Å². The standard InChI is InChI=1S/C14H11ClO2S/c15-11-8-4-7-10(14(16)17)12(11)13(18)9-5-2-1-3-6-9/h1-8,13,18H,(H,16,17). The molecule has 92 valence electrons. The summed E-state index contributed by atoms with van der Waals surface area (Å²) in [6.07, 6.45) is 0. The molecular weight excluding hydrogens is 268 g/mol. The van der Waals surface area contributed by atoms with Crippen molar-refractivity contribution in [3.8, 4) is 0 Å². The highest BCUT2D eigenvalue weighted by Gasteiger charge is 2.20. The van der Waals surface area contributed by atoms with Crippen molar-refractivity contribution in [1.82, 2.24) is 0 Å². The van der Waals surface area contributed by atoms with Gasteiger partial charge in [-0.3, -0.25) is 0 Å². The van der Waals surface area contributed by atoms with Gasteiger partial charge in [-0.25, -0.2) is 4.79 Å². The second-order valence-corrected chi connectivity index (χ2v) is 4.74. The smallest absolute Gasteiger partial charge is 0.336 e. The number of halogens is 1. The van der Waals surface area contributed by atoms with Crippen LogP contribution >= 0.6 is 24.2 Å². The summed E-state index contributed by atoms with van der Waals surface area (Å²) < 4.78 is 0. The van der Waals surface area contributed by atoms with Crippen molar-refractivity contribution in [3.05, 3.63) is 70.2 Å². The number of carboxylic acid groups (broad SMARTS) is 1. The summed E-state index contributed by atoms with van der Waals surface area (Å²) in [5, 5.41) is 9.25. The van der Waals surface area contributed by atoms with E-state index in [1.807, 2.05) is 30.3 Å². The summed E-state index contributed by atoms with van der Waals surface area (Å²) in [5.74, 6) is -0.998. The zero-order chi connectivity index (χ0) is 13.1. The Kier molecular flexibility index (Phi) is 3.94. The summed E-state index contributed by atoms with van der Waals surface area (Å²) in [6, 6.07) is 14.3. The maximum absolute atomic E-state index is 11.2. The van der Waals surface area contributed by atoms with Gasteiger partial charge in [-0.2, -0.15) is 12.6 Å². The van der Waals surface area contributed by atoms with Gasteiger partial charge in [0.15, 0.2) is 0 Å². The molecule has 0 fully saturated rings. The molecule has 18 heavy (non-hydrogen) atoms. The Morgan fingerprint density at radius 3 is 2.39 bits per heavy atom. The van der Waals surface area contributed by atoms with Gasteiger partial charge < -0.3 is 5.11 Å². The molecule has 0 aliphatic heterocycles. The fraction of sp³-hybridized carbons (Fsp3) is 0.0714. The molecule has 0 aliphatic rings. The normalized spacial score (nSPS) is 12.1. The van der Waals surface area contributed by atoms with Gasteiger partial charge >= 0.3 is 5.97 Å². The SMILES string of the molecule is O=C(O)c1cccc(Cl)c1C(S)c1ccccc1. The topological polar surface area (TPSA) is 37.3 Å². The van der Waals surface area contributed by atoms with Crippen molar-refractivity contribution in [3.63, 3.8) is 0 Å². The summed E-state index contributed by atoms with van der Waals surface area (Å²) in [6.45, 7) is 0. The van der Waals surface area contributed by atoms with Crippen molar-refractivity contribution in [2.24, 2.45) is 0 Å². The number of benzene rings is 2. The molecule has 0 radical (unpaired) electrons. The highest BCUT2D eigenvalue weighted by molar-refractivity contribution is 7.80. The van der Waals surface area contributed by atoms with Gasteiger partial charge in [0, 0.05) is 10.6 Å². The second-order valence-electron chi connectivity index (χ2n) is 3.82. The molecule has 1 N–H and O–H groups in total. The fourth-order valence-electron chi connectivity index (χ4n) is 1.80. The average Bonchev–Trinajstić information content (AvgIpc) is 2.38. The van der Waals surface area contributed by atoms with Gasteiger partial charge in [-0.1, -0.05) is 48.0 Å². The van der Waals surface area contributed by atoms with Crippen LogP contribution in [0.5, 0.6) is 0 Å². The van der Waals surface area contributed by atoms with Crippen molar-refractivity contribution in [1.29, 1.82) is 0 Å². The van der Waals surface area contributed by atoms with Crippen LogP contribution in [0.4, 0.5) is 0 Å². The van der Waals surface area contributed by atoms with E-state index in [-0.39, 0.29) is 10.8 Å². The molecular formula is C14H11ClO2S. The molecule has 2 aromatic carbocycles. The summed E-state index contributed by atoms with van der Waals surface area (Å²) in [7, 11) is 0. The first-order valence-electron chi connectivity index (χ1n) is 5.36. The molecule has 0 bridgehead atoms. The van der Waals surface area contributed by atoms with E-state index >= 15 is 0 Å². The Labute approximate surface area is 116 Å². The average molecular weight is 279 g/mol. The Morgan fingerprint density at radius 2 is 1.78 bits per heavy atom.